The third kappa shape index (κ3) is 6.03. The monoisotopic (exact) mass is 469 g/mol. The van der Waals surface area contributed by atoms with E-state index in [4.69, 9.17) is 14.2 Å². The van der Waals surface area contributed by atoms with Gasteiger partial charge in [0.25, 0.3) is 11.8 Å². The number of nitrogens with one attached hydrogen (secondary N) is 2. The molecule has 1 fully saturated rings. The molecule has 0 unspecified atom stereocenters. The molecule has 10 nitrogen and oxygen atoms in total. The number of carbonyl (C=O) groups is 4. The number of nitrogens with zero attached hydrogens (tertiary/aromatic N) is 1. The standard InChI is InChI=1S/C24H27N3O7/c1-14-7-15(2)9-18(8-14)25-21(28)13-34-24(31)17-11-22(29)27(12-17)26-23(30)16-5-6-19(32-3)20(10-16)33-4/h5-10,17H,11-13H2,1-4H3,(H,25,28)(H,26,30)/t17-/m0/s1. The molecule has 1 saturated heterocycles. The summed E-state index contributed by atoms with van der Waals surface area (Å²) in [5, 5.41) is 3.75. The first-order valence-electron chi connectivity index (χ1n) is 10.6. The summed E-state index contributed by atoms with van der Waals surface area (Å²) in [6, 6.07) is 10.2. The van der Waals surface area contributed by atoms with Gasteiger partial charge in [-0.25, -0.2) is 0 Å². The second-order valence-corrected chi connectivity index (χ2v) is 7.95. The number of hydrogen-bond acceptors (Lipinski definition) is 7. The van der Waals surface area contributed by atoms with Crippen LogP contribution in [-0.4, -0.2) is 56.1 Å². The molecular formula is C24H27N3O7. The van der Waals surface area contributed by atoms with Crippen LogP contribution in [0, 0.1) is 19.8 Å². The van der Waals surface area contributed by atoms with Crippen molar-refractivity contribution in [3.63, 3.8) is 0 Å². The minimum Gasteiger partial charge on any atom is -0.493 e. The summed E-state index contributed by atoms with van der Waals surface area (Å²) >= 11 is 0. The Labute approximate surface area is 197 Å². The highest BCUT2D eigenvalue weighted by atomic mass is 16.5. The van der Waals surface area contributed by atoms with E-state index in [0.717, 1.165) is 16.1 Å². The fourth-order valence-corrected chi connectivity index (χ4v) is 3.64. The Hall–Kier alpha value is -4.08. The largest absolute Gasteiger partial charge is 0.493 e. The molecule has 1 aliphatic heterocycles. The Kier molecular flexibility index (Phi) is 7.72. The van der Waals surface area contributed by atoms with Gasteiger partial charge in [-0.1, -0.05) is 6.07 Å². The van der Waals surface area contributed by atoms with Crippen molar-refractivity contribution in [3.8, 4) is 11.5 Å². The fraction of sp³-hybridized carbons (Fsp3) is 0.333. The number of ether oxygens (including phenoxy) is 3. The molecule has 2 aromatic rings. The van der Waals surface area contributed by atoms with E-state index in [-0.39, 0.29) is 18.5 Å². The van der Waals surface area contributed by atoms with Crippen LogP contribution in [0.1, 0.15) is 27.9 Å². The number of esters is 1. The molecule has 0 spiro atoms. The van der Waals surface area contributed by atoms with E-state index in [1.807, 2.05) is 19.9 Å². The van der Waals surface area contributed by atoms with Crippen molar-refractivity contribution in [2.24, 2.45) is 5.92 Å². The molecule has 180 valence electrons. The third-order valence-corrected chi connectivity index (χ3v) is 5.19. The Balaban J connectivity index is 1.52. The van der Waals surface area contributed by atoms with Gasteiger partial charge in [-0.15, -0.1) is 0 Å². The zero-order chi connectivity index (χ0) is 24.8. The van der Waals surface area contributed by atoms with Gasteiger partial charge in [-0.3, -0.25) is 29.6 Å². The van der Waals surface area contributed by atoms with E-state index in [2.05, 4.69) is 10.7 Å². The van der Waals surface area contributed by atoms with Gasteiger partial charge in [0.2, 0.25) is 5.91 Å². The highest BCUT2D eigenvalue weighted by molar-refractivity contribution is 5.97. The maximum absolute atomic E-state index is 12.6. The number of aryl methyl sites for hydroxylation is 2. The Morgan fingerprint density at radius 1 is 1.00 bits per heavy atom. The minimum absolute atomic E-state index is 0.0601. The van der Waals surface area contributed by atoms with Crippen molar-refractivity contribution in [1.82, 2.24) is 10.4 Å². The highest BCUT2D eigenvalue weighted by Gasteiger charge is 2.36. The van der Waals surface area contributed by atoms with Gasteiger partial charge in [-0.2, -0.15) is 0 Å². The van der Waals surface area contributed by atoms with Gasteiger partial charge in [0, 0.05) is 17.7 Å². The summed E-state index contributed by atoms with van der Waals surface area (Å²) in [6.07, 6.45) is -0.135. The normalized spacial score (nSPS) is 15.0. The fourth-order valence-electron chi connectivity index (χ4n) is 3.64. The maximum atomic E-state index is 12.6. The number of hydrogen-bond donors (Lipinski definition) is 2. The average Bonchev–Trinajstić information content (AvgIpc) is 3.16. The lowest BCUT2D eigenvalue weighted by Gasteiger charge is -2.18. The summed E-state index contributed by atoms with van der Waals surface area (Å²) in [7, 11) is 2.93. The molecule has 10 heteroatoms. The zero-order valence-corrected chi connectivity index (χ0v) is 19.5. The molecule has 3 rings (SSSR count). The van der Waals surface area contributed by atoms with Gasteiger partial charge < -0.3 is 19.5 Å². The van der Waals surface area contributed by atoms with Gasteiger partial charge in [0.15, 0.2) is 18.1 Å². The lowest BCUT2D eigenvalue weighted by molar-refractivity contribution is -0.151. The van der Waals surface area contributed by atoms with E-state index in [0.29, 0.717) is 17.2 Å². The summed E-state index contributed by atoms with van der Waals surface area (Å²) in [4.78, 5) is 49.4. The van der Waals surface area contributed by atoms with Crippen LogP contribution in [0.5, 0.6) is 11.5 Å². The molecule has 0 radical (unpaired) electrons. The molecular weight excluding hydrogens is 442 g/mol. The first-order valence-corrected chi connectivity index (χ1v) is 10.6. The van der Waals surface area contributed by atoms with Gasteiger partial charge in [0.1, 0.15) is 0 Å². The number of methoxy groups -OCH3 is 2. The molecule has 0 aromatic heterocycles. The van der Waals surface area contributed by atoms with Crippen LogP contribution in [0.15, 0.2) is 36.4 Å². The lowest BCUT2D eigenvalue weighted by atomic mass is 10.1. The zero-order valence-electron chi connectivity index (χ0n) is 19.5. The van der Waals surface area contributed by atoms with Crippen LogP contribution in [-0.2, 0) is 19.1 Å². The quantitative estimate of drug-likeness (QED) is 0.567. The predicted molar refractivity (Wildman–Crippen MR) is 122 cm³/mol. The summed E-state index contributed by atoms with van der Waals surface area (Å²) in [6.45, 7) is 3.29. The van der Waals surface area contributed by atoms with Crippen molar-refractivity contribution in [2.45, 2.75) is 20.3 Å². The van der Waals surface area contributed by atoms with Crippen LogP contribution in [0.25, 0.3) is 0 Å². The third-order valence-electron chi connectivity index (χ3n) is 5.19. The summed E-state index contributed by atoms with van der Waals surface area (Å²) in [5.41, 5.74) is 5.33. The summed E-state index contributed by atoms with van der Waals surface area (Å²) in [5.74, 6) is -2.13. The predicted octanol–water partition coefficient (Wildman–Crippen LogP) is 2.00. The van der Waals surface area contributed by atoms with Crippen LogP contribution in [0.2, 0.25) is 0 Å². The number of anilines is 1. The maximum Gasteiger partial charge on any atom is 0.311 e. The van der Waals surface area contributed by atoms with Crippen molar-refractivity contribution < 1.29 is 33.4 Å². The van der Waals surface area contributed by atoms with E-state index in [1.54, 1.807) is 18.2 Å². The number of rotatable bonds is 8. The molecule has 3 amide bonds. The van der Waals surface area contributed by atoms with Crippen molar-refractivity contribution >= 4 is 29.4 Å². The van der Waals surface area contributed by atoms with Crippen molar-refractivity contribution in [1.29, 1.82) is 0 Å². The van der Waals surface area contributed by atoms with E-state index in [1.165, 1.54) is 26.4 Å². The second kappa shape index (κ2) is 10.7. The van der Waals surface area contributed by atoms with Gasteiger partial charge in [0.05, 0.1) is 26.7 Å². The van der Waals surface area contributed by atoms with Crippen molar-refractivity contribution in [3.05, 3.63) is 53.1 Å². The molecule has 0 aliphatic carbocycles. The number of benzene rings is 2. The molecule has 1 heterocycles. The van der Waals surface area contributed by atoms with E-state index in [9.17, 15) is 19.2 Å². The lowest BCUT2D eigenvalue weighted by Crippen LogP contribution is -2.43. The molecule has 0 saturated carbocycles. The van der Waals surface area contributed by atoms with Crippen LogP contribution < -0.4 is 20.2 Å². The van der Waals surface area contributed by atoms with Crippen LogP contribution in [0.3, 0.4) is 0 Å². The molecule has 2 N–H and O–H groups in total. The topological polar surface area (TPSA) is 123 Å². The Morgan fingerprint density at radius 3 is 2.32 bits per heavy atom. The average molecular weight is 469 g/mol. The number of carbonyl (C=O) groups excluding carboxylic acids is 4. The Bertz CT molecular complexity index is 1100. The van der Waals surface area contributed by atoms with Gasteiger partial charge >= 0.3 is 5.97 Å². The number of hydrazine groups is 1. The SMILES string of the molecule is COc1ccc(C(=O)NN2C[C@@H](C(=O)OCC(=O)Nc3cc(C)cc(C)c3)CC2=O)cc1OC. The summed E-state index contributed by atoms with van der Waals surface area (Å²) < 4.78 is 15.4. The first kappa shape index (κ1) is 24.6. The molecule has 1 aliphatic rings. The first-order chi connectivity index (χ1) is 16.2. The van der Waals surface area contributed by atoms with Crippen molar-refractivity contribution in [2.75, 3.05) is 32.7 Å². The van der Waals surface area contributed by atoms with Gasteiger partial charge in [-0.05, 0) is 55.3 Å². The minimum atomic E-state index is -0.799. The molecule has 34 heavy (non-hydrogen) atoms. The van der Waals surface area contributed by atoms with E-state index >= 15 is 0 Å². The second-order valence-electron chi connectivity index (χ2n) is 7.95. The van der Waals surface area contributed by atoms with Crippen LogP contribution >= 0.6 is 0 Å². The number of amides is 3. The molecule has 0 bridgehead atoms. The van der Waals surface area contributed by atoms with E-state index < -0.39 is 36.2 Å². The highest BCUT2D eigenvalue weighted by Crippen LogP contribution is 2.27. The molecule has 1 atom stereocenters. The molecule has 2 aromatic carbocycles. The smallest absolute Gasteiger partial charge is 0.311 e. The Morgan fingerprint density at radius 2 is 1.68 bits per heavy atom. The van der Waals surface area contributed by atoms with Crippen LogP contribution in [0.4, 0.5) is 5.69 Å².